The van der Waals surface area contributed by atoms with E-state index in [1.807, 2.05) is 0 Å². The van der Waals surface area contributed by atoms with Gasteiger partial charge in [-0.05, 0) is 38.0 Å². The van der Waals surface area contributed by atoms with Crippen molar-refractivity contribution in [1.82, 2.24) is 14.3 Å². The Kier molecular flexibility index (Phi) is 3.86. The summed E-state index contributed by atoms with van der Waals surface area (Å²) in [5.41, 5.74) is 0. The highest BCUT2D eigenvalue weighted by Gasteiger charge is 2.40. The minimum atomic E-state index is -3.29. The largest absolute Gasteiger partial charge is 0.312 e. The molecular weight excluding hydrogens is 262 g/mol. The number of nitrogens with zero attached hydrogens (tertiary/aromatic N) is 1. The maximum Gasteiger partial charge on any atom is 0.280 e. The molecule has 3 atom stereocenters. The first-order chi connectivity index (χ1) is 9.06. The zero-order chi connectivity index (χ0) is 13.5. The molecule has 2 saturated carbocycles. The van der Waals surface area contributed by atoms with Gasteiger partial charge in [-0.3, -0.25) is 0 Å². The highest BCUT2D eigenvalue weighted by atomic mass is 32.2. The molecule has 0 spiro atoms. The van der Waals surface area contributed by atoms with Crippen LogP contribution in [-0.4, -0.2) is 43.9 Å². The fourth-order valence-corrected chi connectivity index (χ4v) is 4.62. The second-order valence-electron chi connectivity index (χ2n) is 6.39. The van der Waals surface area contributed by atoms with Crippen LogP contribution >= 0.6 is 0 Å². The molecule has 110 valence electrons. The second kappa shape index (κ2) is 5.31. The highest BCUT2D eigenvalue weighted by Crippen LogP contribution is 2.31. The highest BCUT2D eigenvalue weighted by molar-refractivity contribution is 7.87. The fourth-order valence-electron chi connectivity index (χ4n) is 2.83. The molecule has 19 heavy (non-hydrogen) atoms. The van der Waals surface area contributed by atoms with E-state index in [1.54, 1.807) is 4.31 Å². The van der Waals surface area contributed by atoms with Gasteiger partial charge < -0.3 is 5.32 Å². The van der Waals surface area contributed by atoms with Crippen LogP contribution in [0.2, 0.25) is 0 Å². The zero-order valence-corrected chi connectivity index (χ0v) is 12.5. The van der Waals surface area contributed by atoms with Gasteiger partial charge in [0.1, 0.15) is 0 Å². The summed E-state index contributed by atoms with van der Waals surface area (Å²) in [6.45, 7) is 3.58. The Balaban J connectivity index is 1.60. The van der Waals surface area contributed by atoms with Gasteiger partial charge in [-0.2, -0.15) is 17.4 Å². The van der Waals surface area contributed by atoms with Gasteiger partial charge in [0, 0.05) is 31.2 Å². The molecular formula is C13H25N3O2S. The van der Waals surface area contributed by atoms with Gasteiger partial charge in [0.15, 0.2) is 0 Å². The molecule has 1 saturated heterocycles. The number of hydrogen-bond donors (Lipinski definition) is 2. The van der Waals surface area contributed by atoms with Crippen molar-refractivity contribution >= 4 is 10.2 Å². The average molecular weight is 287 g/mol. The Morgan fingerprint density at radius 1 is 1.21 bits per heavy atom. The summed E-state index contributed by atoms with van der Waals surface area (Å²) in [6.07, 6.45) is 6.59. The van der Waals surface area contributed by atoms with Crippen molar-refractivity contribution in [2.45, 2.75) is 63.6 Å². The van der Waals surface area contributed by atoms with Crippen molar-refractivity contribution in [2.24, 2.45) is 5.92 Å². The molecule has 1 heterocycles. The third kappa shape index (κ3) is 3.48. The van der Waals surface area contributed by atoms with Crippen molar-refractivity contribution in [3.63, 3.8) is 0 Å². The van der Waals surface area contributed by atoms with Crippen LogP contribution in [0.3, 0.4) is 0 Å². The molecule has 3 fully saturated rings. The third-order valence-electron chi connectivity index (χ3n) is 4.51. The lowest BCUT2D eigenvalue weighted by molar-refractivity contribution is 0.242. The molecule has 0 aromatic heterocycles. The van der Waals surface area contributed by atoms with E-state index >= 15 is 0 Å². The summed E-state index contributed by atoms with van der Waals surface area (Å²) in [7, 11) is -3.29. The normalized spacial score (nSPS) is 36.4. The van der Waals surface area contributed by atoms with Crippen molar-refractivity contribution in [3.8, 4) is 0 Å². The molecule has 1 aliphatic heterocycles. The maximum absolute atomic E-state index is 12.4. The lowest BCUT2D eigenvalue weighted by Crippen LogP contribution is -2.53. The van der Waals surface area contributed by atoms with Crippen LogP contribution in [0.4, 0.5) is 0 Å². The van der Waals surface area contributed by atoms with Crippen LogP contribution in [-0.2, 0) is 10.2 Å². The van der Waals surface area contributed by atoms with E-state index in [9.17, 15) is 8.42 Å². The van der Waals surface area contributed by atoms with E-state index in [0.29, 0.717) is 18.5 Å². The standard InChI is InChI=1S/C13H25N3O2S/c1-10-8-13(10)15-19(17,18)16-7-3-2-4-12(16)9-14-11-5-6-11/h10-15H,2-9H2,1H3. The quantitative estimate of drug-likeness (QED) is 0.761. The van der Waals surface area contributed by atoms with Crippen LogP contribution < -0.4 is 10.0 Å². The first-order valence-electron chi connectivity index (χ1n) is 7.59. The van der Waals surface area contributed by atoms with Gasteiger partial charge in [-0.15, -0.1) is 0 Å². The van der Waals surface area contributed by atoms with Crippen molar-refractivity contribution < 1.29 is 8.42 Å². The van der Waals surface area contributed by atoms with E-state index in [-0.39, 0.29) is 12.1 Å². The Morgan fingerprint density at radius 3 is 2.58 bits per heavy atom. The van der Waals surface area contributed by atoms with Gasteiger partial charge in [0.25, 0.3) is 10.2 Å². The smallest absolute Gasteiger partial charge is 0.280 e. The lowest BCUT2D eigenvalue weighted by Gasteiger charge is -2.34. The van der Waals surface area contributed by atoms with Crippen LogP contribution in [0.15, 0.2) is 0 Å². The summed E-state index contributed by atoms with van der Waals surface area (Å²) in [6, 6.07) is 0.952. The molecule has 0 aromatic carbocycles. The molecule has 0 aromatic rings. The van der Waals surface area contributed by atoms with Gasteiger partial charge in [-0.25, -0.2) is 0 Å². The minimum absolute atomic E-state index is 0.140. The Labute approximate surface area is 116 Å². The molecule has 2 N–H and O–H groups in total. The summed E-state index contributed by atoms with van der Waals surface area (Å²) in [5, 5.41) is 3.47. The number of hydrogen-bond acceptors (Lipinski definition) is 3. The van der Waals surface area contributed by atoms with Gasteiger partial charge in [-0.1, -0.05) is 13.3 Å². The molecule has 6 heteroatoms. The summed E-state index contributed by atoms with van der Waals surface area (Å²) in [4.78, 5) is 0. The molecule has 0 radical (unpaired) electrons. The third-order valence-corrected chi connectivity index (χ3v) is 6.21. The molecule has 3 aliphatic rings. The topological polar surface area (TPSA) is 61.4 Å². The summed E-state index contributed by atoms with van der Waals surface area (Å²) in [5.74, 6) is 0.502. The second-order valence-corrected chi connectivity index (χ2v) is 8.04. The molecule has 2 aliphatic carbocycles. The van der Waals surface area contributed by atoms with Gasteiger partial charge in [0.05, 0.1) is 0 Å². The average Bonchev–Trinajstić information content (AvgIpc) is 3.27. The minimum Gasteiger partial charge on any atom is -0.312 e. The molecule has 3 unspecified atom stereocenters. The van der Waals surface area contributed by atoms with Gasteiger partial charge >= 0.3 is 0 Å². The molecule has 0 bridgehead atoms. The lowest BCUT2D eigenvalue weighted by atomic mass is 10.1. The van der Waals surface area contributed by atoms with E-state index in [1.165, 1.54) is 12.8 Å². The van der Waals surface area contributed by atoms with Crippen LogP contribution in [0.5, 0.6) is 0 Å². The van der Waals surface area contributed by atoms with Crippen LogP contribution in [0, 0.1) is 5.92 Å². The van der Waals surface area contributed by atoms with Crippen molar-refractivity contribution in [3.05, 3.63) is 0 Å². The summed E-state index contributed by atoms with van der Waals surface area (Å²) >= 11 is 0. The number of nitrogens with one attached hydrogen (secondary N) is 2. The van der Waals surface area contributed by atoms with Crippen LogP contribution in [0.1, 0.15) is 45.4 Å². The van der Waals surface area contributed by atoms with Crippen molar-refractivity contribution in [1.29, 1.82) is 0 Å². The van der Waals surface area contributed by atoms with E-state index in [0.717, 1.165) is 32.2 Å². The fraction of sp³-hybridized carbons (Fsp3) is 1.00. The van der Waals surface area contributed by atoms with E-state index in [2.05, 4.69) is 17.0 Å². The Morgan fingerprint density at radius 2 is 1.95 bits per heavy atom. The molecule has 0 amide bonds. The first-order valence-corrected chi connectivity index (χ1v) is 9.03. The van der Waals surface area contributed by atoms with E-state index < -0.39 is 10.2 Å². The SMILES string of the molecule is CC1CC1NS(=O)(=O)N1CCCCC1CNC1CC1. The predicted octanol–water partition coefficient (Wildman–Crippen LogP) is 0.836. The number of rotatable bonds is 6. The maximum atomic E-state index is 12.4. The monoisotopic (exact) mass is 287 g/mol. The Hall–Kier alpha value is -0.170. The van der Waals surface area contributed by atoms with Crippen LogP contribution in [0.25, 0.3) is 0 Å². The Bertz CT molecular complexity index is 422. The van der Waals surface area contributed by atoms with Crippen molar-refractivity contribution in [2.75, 3.05) is 13.1 Å². The number of piperidine rings is 1. The first kappa shape index (κ1) is 13.8. The van der Waals surface area contributed by atoms with E-state index in [4.69, 9.17) is 0 Å². The molecule has 5 nitrogen and oxygen atoms in total. The zero-order valence-electron chi connectivity index (χ0n) is 11.6. The predicted molar refractivity (Wildman–Crippen MR) is 75.0 cm³/mol. The van der Waals surface area contributed by atoms with Gasteiger partial charge in [0.2, 0.25) is 0 Å². The summed E-state index contributed by atoms with van der Waals surface area (Å²) < 4.78 is 29.4. The molecule has 3 rings (SSSR count).